The normalized spacial score (nSPS) is 12.6. The Balaban J connectivity index is 2.41. The molecular formula is C13H15F5N6O. The van der Waals surface area contributed by atoms with Gasteiger partial charge in [0.05, 0.1) is 18.1 Å². The van der Waals surface area contributed by atoms with Crippen molar-refractivity contribution in [2.24, 2.45) is 0 Å². The Morgan fingerprint density at radius 3 is 2.40 bits per heavy atom. The molecular weight excluding hydrogens is 351 g/mol. The number of rotatable bonds is 6. The lowest BCUT2D eigenvalue weighted by Crippen LogP contribution is -2.35. The summed E-state index contributed by atoms with van der Waals surface area (Å²) in [6.07, 6.45) is -1.22. The largest absolute Gasteiger partial charge is 0.459 e. The molecule has 2 aromatic rings. The molecule has 2 aromatic heterocycles. The van der Waals surface area contributed by atoms with E-state index in [-0.39, 0.29) is 6.42 Å². The first-order valence-electron chi connectivity index (χ1n) is 7.50. The van der Waals surface area contributed by atoms with Crippen molar-refractivity contribution >= 4 is 6.03 Å². The van der Waals surface area contributed by atoms with Gasteiger partial charge in [-0.15, -0.1) is 10.2 Å². The lowest BCUT2D eigenvalue weighted by molar-refractivity contribution is -0.291. The van der Waals surface area contributed by atoms with E-state index in [1.807, 2.05) is 6.92 Å². The maximum atomic E-state index is 13.7. The van der Waals surface area contributed by atoms with Crippen LogP contribution in [-0.2, 0) is 12.3 Å². The average molecular weight is 366 g/mol. The van der Waals surface area contributed by atoms with Crippen LogP contribution in [0.15, 0.2) is 12.4 Å². The first-order valence-corrected chi connectivity index (χ1v) is 7.50. The summed E-state index contributed by atoms with van der Waals surface area (Å²) in [5.41, 5.74) is -2.15. The zero-order valence-electron chi connectivity index (χ0n) is 13.2. The van der Waals surface area contributed by atoms with Crippen LogP contribution in [-0.4, -0.2) is 42.2 Å². The lowest BCUT2D eigenvalue weighted by atomic mass is 10.1. The van der Waals surface area contributed by atoms with Crippen LogP contribution in [0.1, 0.15) is 44.0 Å². The Bertz CT molecular complexity index is 709. The van der Waals surface area contributed by atoms with Crippen molar-refractivity contribution < 1.29 is 26.7 Å². The summed E-state index contributed by atoms with van der Waals surface area (Å²) in [6.45, 7) is 1.92. The number of nitrogens with zero attached hydrogens (tertiary/aromatic N) is 6. The third kappa shape index (κ3) is 3.82. The van der Waals surface area contributed by atoms with Gasteiger partial charge in [0, 0.05) is 0 Å². The van der Waals surface area contributed by atoms with E-state index < -0.39 is 29.5 Å². The highest BCUT2D eigenvalue weighted by Gasteiger charge is 2.62. The molecule has 2 rings (SSSR count). The third-order valence-electron chi connectivity index (χ3n) is 3.48. The zero-order valence-corrected chi connectivity index (χ0v) is 13.2. The van der Waals surface area contributed by atoms with Gasteiger partial charge in [-0.3, -0.25) is 0 Å². The van der Waals surface area contributed by atoms with Crippen LogP contribution in [0.3, 0.4) is 0 Å². The summed E-state index contributed by atoms with van der Waals surface area (Å²) in [5, 5.41) is 12.9. The summed E-state index contributed by atoms with van der Waals surface area (Å²) < 4.78 is 66.6. The average Bonchev–Trinajstić information content (AvgIpc) is 3.19. The molecule has 0 amide bonds. The minimum Gasteiger partial charge on any atom is -0.243 e. The van der Waals surface area contributed by atoms with E-state index in [1.165, 1.54) is 0 Å². The van der Waals surface area contributed by atoms with Crippen molar-refractivity contribution in [3.05, 3.63) is 23.8 Å². The van der Waals surface area contributed by atoms with Gasteiger partial charge < -0.3 is 0 Å². The monoisotopic (exact) mass is 366 g/mol. The van der Waals surface area contributed by atoms with Crippen molar-refractivity contribution in [1.82, 2.24) is 30.0 Å². The second-order valence-electron chi connectivity index (χ2n) is 5.31. The van der Waals surface area contributed by atoms with E-state index in [2.05, 4.69) is 20.6 Å². The third-order valence-corrected chi connectivity index (χ3v) is 3.48. The van der Waals surface area contributed by atoms with Crippen molar-refractivity contribution in [2.75, 3.05) is 0 Å². The number of hydrogen-bond acceptors (Lipinski definition) is 5. The number of halogens is 5. The van der Waals surface area contributed by atoms with Crippen LogP contribution in [0.5, 0.6) is 0 Å². The zero-order chi connectivity index (χ0) is 18.7. The van der Waals surface area contributed by atoms with E-state index in [1.54, 1.807) is 0 Å². The van der Waals surface area contributed by atoms with Crippen molar-refractivity contribution in [3.8, 4) is 0 Å². The van der Waals surface area contributed by atoms with Gasteiger partial charge >= 0.3 is 18.1 Å². The molecule has 0 aliphatic carbocycles. The fourth-order valence-corrected chi connectivity index (χ4v) is 2.18. The molecule has 0 aromatic carbocycles. The number of alkyl halides is 5. The molecule has 0 N–H and O–H groups in total. The Morgan fingerprint density at radius 2 is 1.84 bits per heavy atom. The maximum Gasteiger partial charge on any atom is 0.459 e. The van der Waals surface area contributed by atoms with Crippen molar-refractivity contribution in [1.29, 1.82) is 0 Å². The molecule has 0 saturated carbocycles. The minimum absolute atomic E-state index is 0.200. The van der Waals surface area contributed by atoms with E-state index in [4.69, 9.17) is 0 Å². The molecule has 0 unspecified atom stereocenters. The van der Waals surface area contributed by atoms with Crippen LogP contribution >= 0.6 is 0 Å². The van der Waals surface area contributed by atoms with Crippen LogP contribution in [0, 0.1) is 0 Å². The second kappa shape index (κ2) is 7.23. The maximum absolute atomic E-state index is 13.7. The fraction of sp³-hybridized carbons (Fsp3) is 0.615. The molecule has 25 heavy (non-hydrogen) atoms. The van der Waals surface area contributed by atoms with E-state index in [0.29, 0.717) is 22.2 Å². The smallest absolute Gasteiger partial charge is 0.243 e. The van der Waals surface area contributed by atoms with E-state index in [9.17, 15) is 26.7 Å². The minimum atomic E-state index is -5.84. The number of carbonyl (C=O) groups is 1. The predicted octanol–water partition coefficient (Wildman–Crippen LogP) is 3.16. The molecule has 0 fully saturated rings. The molecule has 0 aliphatic rings. The number of hydrogen-bond donors (Lipinski definition) is 0. The van der Waals surface area contributed by atoms with Gasteiger partial charge in [0.2, 0.25) is 0 Å². The number of carbonyl (C=O) groups excluding carboxylic acids is 1. The quantitative estimate of drug-likeness (QED) is 0.580. The van der Waals surface area contributed by atoms with Gasteiger partial charge in [-0.1, -0.05) is 36.6 Å². The Hall–Kier alpha value is -2.40. The van der Waals surface area contributed by atoms with E-state index in [0.717, 1.165) is 25.2 Å². The van der Waals surface area contributed by atoms with E-state index >= 15 is 0 Å². The molecule has 0 spiro atoms. The molecule has 0 saturated heterocycles. The Kier molecular flexibility index (Phi) is 5.48. The number of aromatic nitrogens is 6. The molecule has 2 heterocycles. The molecule has 0 aliphatic heterocycles. The van der Waals surface area contributed by atoms with Crippen molar-refractivity contribution in [2.45, 2.75) is 51.1 Å². The SMILES string of the molecule is CCCCCCc1c(C(F)(F)C(F)(F)F)nnn1C(=O)n1ccnn1. The highest BCUT2D eigenvalue weighted by molar-refractivity contribution is 5.78. The van der Waals surface area contributed by atoms with Crippen molar-refractivity contribution in [3.63, 3.8) is 0 Å². The van der Waals surface area contributed by atoms with Crippen LogP contribution in [0.4, 0.5) is 26.7 Å². The predicted molar refractivity (Wildman–Crippen MR) is 74.0 cm³/mol. The van der Waals surface area contributed by atoms with Crippen LogP contribution < -0.4 is 0 Å². The summed E-state index contributed by atoms with van der Waals surface area (Å²) in [7, 11) is 0. The molecule has 12 heteroatoms. The first kappa shape index (κ1) is 18.9. The van der Waals surface area contributed by atoms with Gasteiger partial charge in [-0.25, -0.2) is 4.79 Å². The summed E-state index contributed by atoms with van der Waals surface area (Å²) in [4.78, 5) is 12.2. The van der Waals surface area contributed by atoms with Crippen LogP contribution in [0.25, 0.3) is 0 Å². The fourth-order valence-electron chi connectivity index (χ4n) is 2.18. The first-order chi connectivity index (χ1) is 11.7. The standard InChI is InChI=1S/C13H15F5N6O/c1-2-3-4-5-6-9-10(12(14,15)13(16,17)18)20-22-24(9)11(25)23-8-7-19-21-23/h7-8H,2-6H2,1H3. The molecule has 138 valence electrons. The number of unbranched alkanes of at least 4 members (excludes halogenated alkanes) is 3. The second-order valence-corrected chi connectivity index (χ2v) is 5.31. The van der Waals surface area contributed by atoms with Gasteiger partial charge in [0.15, 0.2) is 5.69 Å². The molecule has 7 nitrogen and oxygen atoms in total. The Labute approximate surface area is 138 Å². The molecule has 0 bridgehead atoms. The highest BCUT2D eigenvalue weighted by atomic mass is 19.4. The molecule has 0 atom stereocenters. The Morgan fingerprint density at radius 1 is 1.12 bits per heavy atom. The molecule has 0 radical (unpaired) electrons. The summed E-state index contributed by atoms with van der Waals surface area (Å²) in [6, 6.07) is -1.04. The topological polar surface area (TPSA) is 78.5 Å². The summed E-state index contributed by atoms with van der Waals surface area (Å²) in [5.74, 6) is -5.21. The van der Waals surface area contributed by atoms with Crippen LogP contribution in [0.2, 0.25) is 0 Å². The highest BCUT2D eigenvalue weighted by Crippen LogP contribution is 2.44. The lowest BCUT2D eigenvalue weighted by Gasteiger charge is -2.18. The summed E-state index contributed by atoms with van der Waals surface area (Å²) >= 11 is 0. The van der Waals surface area contributed by atoms with Gasteiger partial charge in [-0.2, -0.15) is 31.3 Å². The van der Waals surface area contributed by atoms with Gasteiger partial charge in [-0.05, 0) is 12.8 Å². The van der Waals surface area contributed by atoms with Gasteiger partial charge in [0.25, 0.3) is 0 Å². The van der Waals surface area contributed by atoms with Gasteiger partial charge in [0.1, 0.15) is 0 Å².